The molecule has 1 heterocycles. The summed E-state index contributed by atoms with van der Waals surface area (Å²) in [4.78, 5) is 21.4. The lowest BCUT2D eigenvalue weighted by molar-refractivity contribution is -0.394. The summed E-state index contributed by atoms with van der Waals surface area (Å²) < 4.78 is 1.73. The smallest absolute Gasteiger partial charge is 0.277 e. The molecule has 0 saturated heterocycles. The molecule has 0 amide bonds. The van der Waals surface area contributed by atoms with Gasteiger partial charge in [0.25, 0.3) is 11.4 Å². The van der Waals surface area contributed by atoms with Crippen LogP contribution < -0.4 is 0 Å². The summed E-state index contributed by atoms with van der Waals surface area (Å²) in [5, 5.41) is 32.7. The van der Waals surface area contributed by atoms with Crippen molar-refractivity contribution in [3.8, 4) is 11.4 Å². The Morgan fingerprint density at radius 1 is 0.882 bits per heavy atom. The van der Waals surface area contributed by atoms with Crippen LogP contribution in [0, 0.1) is 20.2 Å². The molecule has 4 rings (SSSR count). The van der Waals surface area contributed by atoms with E-state index in [-0.39, 0.29) is 17.9 Å². The highest BCUT2D eigenvalue weighted by Gasteiger charge is 2.22. The van der Waals surface area contributed by atoms with E-state index in [1.165, 1.54) is 23.9 Å². The fourth-order valence-electron chi connectivity index (χ4n) is 3.23. The summed E-state index contributed by atoms with van der Waals surface area (Å²) in [6, 6.07) is 18.2. The molecule has 0 N–H and O–H groups in total. The Morgan fingerprint density at radius 3 is 2.18 bits per heavy atom. The van der Waals surface area contributed by atoms with E-state index >= 15 is 0 Å². The number of benzene rings is 3. The van der Waals surface area contributed by atoms with E-state index in [9.17, 15) is 20.2 Å². The molecule has 0 radical (unpaired) electrons. The number of aromatic nitrogens is 3. The van der Waals surface area contributed by atoms with Crippen molar-refractivity contribution in [2.75, 3.05) is 0 Å². The lowest BCUT2D eigenvalue weighted by atomic mass is 10.1. The Bertz CT molecular complexity index is 1350. The van der Waals surface area contributed by atoms with E-state index in [1.54, 1.807) is 22.8 Å². The first-order valence-electron chi connectivity index (χ1n) is 9.80. The molecule has 12 heteroatoms. The number of non-ortho nitro benzene ring substituents is 2. The molecule has 0 atom stereocenters. The lowest BCUT2D eigenvalue weighted by Gasteiger charge is -2.12. The highest BCUT2D eigenvalue weighted by molar-refractivity contribution is 7.98. The van der Waals surface area contributed by atoms with Gasteiger partial charge in [0, 0.05) is 33.5 Å². The number of hydrogen-bond acceptors (Lipinski definition) is 7. The molecule has 0 spiro atoms. The van der Waals surface area contributed by atoms with E-state index < -0.39 is 21.2 Å². The van der Waals surface area contributed by atoms with E-state index in [0.29, 0.717) is 26.5 Å². The van der Waals surface area contributed by atoms with Crippen molar-refractivity contribution < 1.29 is 9.85 Å². The Labute approximate surface area is 207 Å². The first-order valence-corrected chi connectivity index (χ1v) is 11.5. The monoisotopic (exact) mass is 515 g/mol. The van der Waals surface area contributed by atoms with Crippen LogP contribution in [0.15, 0.2) is 71.9 Å². The van der Waals surface area contributed by atoms with Crippen molar-refractivity contribution in [2.45, 2.75) is 17.5 Å². The third-order valence-corrected chi connectivity index (χ3v) is 6.48. The summed E-state index contributed by atoms with van der Waals surface area (Å²) in [6.45, 7) is 0.228. The number of nitro benzene ring substituents is 2. The van der Waals surface area contributed by atoms with Gasteiger partial charge in [0.1, 0.15) is 0 Å². The molecule has 0 aliphatic carbocycles. The molecule has 0 saturated carbocycles. The van der Waals surface area contributed by atoms with Crippen LogP contribution in [0.5, 0.6) is 0 Å². The summed E-state index contributed by atoms with van der Waals surface area (Å²) in [6.07, 6.45) is 0. The SMILES string of the molecule is O=[N+]([O-])c1cc(-c2nnc(SCc3ccccc3)n2Cc2ccc(Cl)cc2Cl)cc([N+](=O)[O-])c1. The van der Waals surface area contributed by atoms with Crippen LogP contribution in [0.2, 0.25) is 10.0 Å². The number of hydrogen-bond donors (Lipinski definition) is 0. The third kappa shape index (κ3) is 5.36. The molecule has 4 aromatic rings. The molecule has 34 heavy (non-hydrogen) atoms. The molecule has 172 valence electrons. The quantitative estimate of drug-likeness (QED) is 0.151. The van der Waals surface area contributed by atoms with Crippen LogP contribution in [0.25, 0.3) is 11.4 Å². The van der Waals surface area contributed by atoms with Gasteiger partial charge in [0.05, 0.1) is 22.5 Å². The Morgan fingerprint density at radius 2 is 1.56 bits per heavy atom. The predicted octanol–water partition coefficient (Wildman–Crippen LogP) is 6.41. The number of nitrogens with zero attached hydrogens (tertiary/aromatic N) is 5. The Kier molecular flexibility index (Phi) is 7.11. The normalized spacial score (nSPS) is 10.9. The minimum Gasteiger partial charge on any atom is -0.297 e. The second-order valence-electron chi connectivity index (χ2n) is 7.15. The molecule has 0 bridgehead atoms. The zero-order chi connectivity index (χ0) is 24.2. The van der Waals surface area contributed by atoms with Gasteiger partial charge in [-0.15, -0.1) is 10.2 Å². The van der Waals surface area contributed by atoms with Crippen molar-refractivity contribution in [1.29, 1.82) is 0 Å². The van der Waals surface area contributed by atoms with Crippen molar-refractivity contribution in [1.82, 2.24) is 14.8 Å². The first kappa shape index (κ1) is 23.7. The Hall–Kier alpha value is -3.47. The van der Waals surface area contributed by atoms with Gasteiger partial charge < -0.3 is 0 Å². The average Bonchev–Trinajstić information content (AvgIpc) is 3.22. The topological polar surface area (TPSA) is 117 Å². The van der Waals surface area contributed by atoms with Gasteiger partial charge in [-0.05, 0) is 23.3 Å². The molecular formula is C22H15Cl2N5O4S. The number of rotatable bonds is 8. The molecule has 1 aromatic heterocycles. The maximum atomic E-state index is 11.4. The van der Waals surface area contributed by atoms with E-state index in [2.05, 4.69) is 10.2 Å². The standard InChI is InChI=1S/C22H15Cl2N5O4S/c23-17-7-6-15(20(24)10-17)12-27-21(16-8-18(28(30)31)11-19(9-16)29(32)33)25-26-22(27)34-13-14-4-2-1-3-5-14/h1-11H,12-13H2. The second kappa shape index (κ2) is 10.2. The summed E-state index contributed by atoms with van der Waals surface area (Å²) in [5.41, 5.74) is 1.15. The third-order valence-electron chi connectivity index (χ3n) is 4.85. The summed E-state index contributed by atoms with van der Waals surface area (Å²) in [7, 11) is 0. The first-order chi connectivity index (χ1) is 16.3. The molecule has 0 unspecified atom stereocenters. The van der Waals surface area contributed by atoms with E-state index in [1.807, 2.05) is 30.3 Å². The van der Waals surface area contributed by atoms with Crippen LogP contribution in [-0.2, 0) is 12.3 Å². The van der Waals surface area contributed by atoms with Crippen molar-refractivity contribution >= 4 is 46.3 Å². The van der Waals surface area contributed by atoms with Gasteiger partial charge in [-0.25, -0.2) is 0 Å². The van der Waals surface area contributed by atoms with E-state index in [0.717, 1.165) is 11.6 Å². The summed E-state index contributed by atoms with van der Waals surface area (Å²) in [5.74, 6) is 0.843. The fourth-order valence-corrected chi connectivity index (χ4v) is 4.59. The maximum absolute atomic E-state index is 11.4. The number of thioether (sulfide) groups is 1. The molecule has 3 aromatic carbocycles. The average molecular weight is 516 g/mol. The largest absolute Gasteiger partial charge is 0.297 e. The van der Waals surface area contributed by atoms with Gasteiger partial charge in [-0.3, -0.25) is 24.8 Å². The van der Waals surface area contributed by atoms with Gasteiger partial charge in [0.2, 0.25) is 0 Å². The predicted molar refractivity (Wildman–Crippen MR) is 130 cm³/mol. The van der Waals surface area contributed by atoms with Crippen LogP contribution in [0.3, 0.4) is 0 Å². The summed E-state index contributed by atoms with van der Waals surface area (Å²) >= 11 is 13.8. The van der Waals surface area contributed by atoms with Gasteiger partial charge in [-0.1, -0.05) is 71.4 Å². The number of halogens is 2. The van der Waals surface area contributed by atoms with Crippen molar-refractivity contribution in [2.24, 2.45) is 0 Å². The van der Waals surface area contributed by atoms with Crippen LogP contribution in [0.1, 0.15) is 11.1 Å². The second-order valence-corrected chi connectivity index (χ2v) is 8.94. The zero-order valence-electron chi connectivity index (χ0n) is 17.3. The van der Waals surface area contributed by atoms with Gasteiger partial charge >= 0.3 is 0 Å². The Balaban J connectivity index is 1.80. The maximum Gasteiger partial charge on any atom is 0.277 e. The van der Waals surface area contributed by atoms with Gasteiger partial charge in [0.15, 0.2) is 11.0 Å². The minimum absolute atomic E-state index is 0.199. The highest BCUT2D eigenvalue weighted by Crippen LogP contribution is 2.33. The molecular weight excluding hydrogens is 501 g/mol. The lowest BCUT2D eigenvalue weighted by Crippen LogP contribution is -2.05. The van der Waals surface area contributed by atoms with E-state index in [4.69, 9.17) is 23.2 Å². The van der Waals surface area contributed by atoms with Crippen molar-refractivity contribution in [3.05, 3.63) is 108 Å². The molecule has 0 fully saturated rings. The van der Waals surface area contributed by atoms with Crippen LogP contribution in [0.4, 0.5) is 11.4 Å². The molecule has 0 aliphatic rings. The zero-order valence-corrected chi connectivity index (χ0v) is 19.6. The van der Waals surface area contributed by atoms with Crippen molar-refractivity contribution in [3.63, 3.8) is 0 Å². The van der Waals surface area contributed by atoms with Gasteiger partial charge in [-0.2, -0.15) is 0 Å². The van der Waals surface area contributed by atoms with Crippen LogP contribution >= 0.6 is 35.0 Å². The van der Waals surface area contributed by atoms with Crippen LogP contribution in [-0.4, -0.2) is 24.6 Å². The number of nitro groups is 2. The highest BCUT2D eigenvalue weighted by atomic mass is 35.5. The molecule has 0 aliphatic heterocycles. The molecule has 9 nitrogen and oxygen atoms in total. The minimum atomic E-state index is -0.682. The fraction of sp³-hybridized carbons (Fsp3) is 0.0909.